The number of para-hydroxylation sites is 1. The molecule has 4 aromatic rings. The molecule has 0 spiro atoms. The molecule has 1 aliphatic rings. The van der Waals surface area contributed by atoms with Gasteiger partial charge in [0.05, 0.1) is 39.7 Å². The van der Waals surface area contributed by atoms with Gasteiger partial charge in [-0.05, 0) is 61.7 Å². The van der Waals surface area contributed by atoms with Crippen molar-refractivity contribution < 1.29 is 28.2 Å². The summed E-state index contributed by atoms with van der Waals surface area (Å²) in [5.74, 6) is 1.04. The van der Waals surface area contributed by atoms with E-state index in [4.69, 9.17) is 18.6 Å². The van der Waals surface area contributed by atoms with Gasteiger partial charge in [-0.25, -0.2) is 4.68 Å². The van der Waals surface area contributed by atoms with Gasteiger partial charge in [-0.3, -0.25) is 9.59 Å². The smallest absolute Gasteiger partial charge is 0.248 e. The van der Waals surface area contributed by atoms with Crippen LogP contribution in [0.4, 0.5) is 0 Å². The van der Waals surface area contributed by atoms with Crippen LogP contribution in [0, 0.1) is 0 Å². The van der Waals surface area contributed by atoms with Gasteiger partial charge in [0.1, 0.15) is 23.4 Å². The summed E-state index contributed by atoms with van der Waals surface area (Å²) in [5.41, 5.74) is 1.90. The number of furan rings is 1. The number of carbonyl (C=O) groups excluding carboxylic acids is 2. The van der Waals surface area contributed by atoms with E-state index in [0.29, 0.717) is 39.6 Å². The molecule has 2 heterocycles. The normalized spacial score (nSPS) is 15.1. The van der Waals surface area contributed by atoms with E-state index < -0.39 is 12.1 Å². The van der Waals surface area contributed by atoms with Crippen LogP contribution < -0.4 is 19.5 Å². The average molecular weight is 576 g/mol. The molecule has 2 unspecified atom stereocenters. The minimum atomic E-state index is -1.05. The third-order valence-electron chi connectivity index (χ3n) is 7.81. The highest BCUT2D eigenvalue weighted by Gasteiger charge is 2.37. The van der Waals surface area contributed by atoms with Crippen LogP contribution in [0.3, 0.4) is 0 Å². The summed E-state index contributed by atoms with van der Waals surface area (Å²) < 4.78 is 24.0. The van der Waals surface area contributed by atoms with Crippen molar-refractivity contribution in [3.63, 3.8) is 0 Å². The first-order chi connectivity index (χ1) is 20.4. The Hall–Kier alpha value is -4.54. The lowest BCUT2D eigenvalue weighted by Gasteiger charge is -2.34. The molecule has 1 aliphatic carbocycles. The van der Waals surface area contributed by atoms with E-state index in [2.05, 4.69) is 15.6 Å². The van der Waals surface area contributed by atoms with Crippen LogP contribution in [0.15, 0.2) is 59.2 Å². The summed E-state index contributed by atoms with van der Waals surface area (Å²) in [7, 11) is 4.55. The monoisotopic (exact) mass is 575 g/mol. The molecule has 11 heteroatoms. The molecule has 1 fully saturated rings. The number of hydrogen-bond donors (Lipinski definition) is 1. The topological polar surface area (TPSA) is 121 Å². The molecule has 1 saturated carbocycles. The van der Waals surface area contributed by atoms with Gasteiger partial charge >= 0.3 is 0 Å². The van der Waals surface area contributed by atoms with E-state index in [1.807, 2.05) is 24.3 Å². The molecule has 0 saturated heterocycles. The lowest BCUT2D eigenvalue weighted by Crippen LogP contribution is -2.48. The Balaban J connectivity index is 1.62. The molecule has 0 bridgehead atoms. The molecule has 2 aromatic carbocycles. The van der Waals surface area contributed by atoms with Crippen molar-refractivity contribution in [3.05, 3.63) is 66.1 Å². The molecule has 0 radical (unpaired) electrons. The van der Waals surface area contributed by atoms with Gasteiger partial charge < -0.3 is 28.8 Å². The van der Waals surface area contributed by atoms with E-state index in [1.54, 1.807) is 42.1 Å². The van der Waals surface area contributed by atoms with Crippen molar-refractivity contribution in [2.75, 3.05) is 21.3 Å². The van der Waals surface area contributed by atoms with Crippen LogP contribution in [0.25, 0.3) is 11.0 Å². The lowest BCUT2D eigenvalue weighted by atomic mass is 9.94. The highest BCUT2D eigenvalue weighted by molar-refractivity contribution is 5.91. The van der Waals surface area contributed by atoms with Gasteiger partial charge in [0.2, 0.25) is 17.6 Å². The van der Waals surface area contributed by atoms with E-state index in [1.165, 1.54) is 26.2 Å². The second-order valence-electron chi connectivity index (χ2n) is 10.4. The minimum Gasteiger partial charge on any atom is -0.493 e. The highest BCUT2D eigenvalue weighted by Crippen LogP contribution is 2.41. The number of methoxy groups -OCH3 is 3. The molecule has 42 heavy (non-hydrogen) atoms. The Bertz CT molecular complexity index is 1490. The molecular weight excluding hydrogens is 538 g/mol. The number of carbonyl (C=O) groups is 2. The lowest BCUT2D eigenvalue weighted by molar-refractivity contribution is -0.144. The van der Waals surface area contributed by atoms with Crippen molar-refractivity contribution in [1.82, 2.24) is 25.2 Å². The molecule has 5 rings (SSSR count). The quantitative estimate of drug-likeness (QED) is 0.270. The number of rotatable bonds is 11. The summed E-state index contributed by atoms with van der Waals surface area (Å²) in [5, 5.41) is 11.7. The summed E-state index contributed by atoms with van der Waals surface area (Å²) in [6, 6.07) is 12.6. The van der Waals surface area contributed by atoms with Gasteiger partial charge in [0.15, 0.2) is 11.5 Å². The summed E-state index contributed by atoms with van der Waals surface area (Å²) in [6.45, 7) is 1.80. The van der Waals surface area contributed by atoms with Gasteiger partial charge in [0.25, 0.3) is 0 Å². The Morgan fingerprint density at radius 3 is 2.38 bits per heavy atom. The van der Waals surface area contributed by atoms with Gasteiger partial charge in [0, 0.05) is 6.04 Å². The third-order valence-corrected chi connectivity index (χ3v) is 7.81. The van der Waals surface area contributed by atoms with E-state index in [0.717, 1.165) is 32.1 Å². The number of nitrogens with one attached hydrogen (secondary N) is 1. The number of benzene rings is 2. The first-order valence-electron chi connectivity index (χ1n) is 14.2. The molecule has 1 N–H and O–H groups in total. The number of hydrogen-bond acceptors (Lipinski definition) is 8. The second kappa shape index (κ2) is 13.0. The van der Waals surface area contributed by atoms with Gasteiger partial charge in [-0.1, -0.05) is 36.6 Å². The third kappa shape index (κ3) is 5.90. The van der Waals surface area contributed by atoms with E-state index >= 15 is 0 Å². The summed E-state index contributed by atoms with van der Waals surface area (Å²) in [4.78, 5) is 30.3. The Kier molecular flexibility index (Phi) is 8.94. The first-order valence-corrected chi connectivity index (χ1v) is 14.2. The maximum atomic E-state index is 14.5. The zero-order valence-corrected chi connectivity index (χ0v) is 24.4. The summed E-state index contributed by atoms with van der Waals surface area (Å²) >= 11 is 0. The van der Waals surface area contributed by atoms with E-state index in [-0.39, 0.29) is 24.4 Å². The molecule has 2 atom stereocenters. The van der Waals surface area contributed by atoms with Crippen molar-refractivity contribution in [1.29, 1.82) is 0 Å². The fraction of sp³-hybridized carbons (Fsp3) is 0.419. The first kappa shape index (κ1) is 29.0. The van der Waals surface area contributed by atoms with Crippen LogP contribution in [-0.4, -0.2) is 59.1 Å². The average Bonchev–Trinajstić information content (AvgIpc) is 3.70. The van der Waals surface area contributed by atoms with Crippen LogP contribution in [0.1, 0.15) is 62.4 Å². The Morgan fingerprint density at radius 1 is 1.02 bits per heavy atom. The van der Waals surface area contributed by atoms with Crippen molar-refractivity contribution in [2.24, 2.45) is 0 Å². The predicted octanol–water partition coefficient (Wildman–Crippen LogP) is 4.83. The summed E-state index contributed by atoms with van der Waals surface area (Å²) in [6.07, 6.45) is 6.57. The maximum Gasteiger partial charge on any atom is 0.248 e. The largest absolute Gasteiger partial charge is 0.493 e. The fourth-order valence-electron chi connectivity index (χ4n) is 5.64. The molecule has 0 aliphatic heterocycles. The van der Waals surface area contributed by atoms with Crippen LogP contribution in [0.5, 0.6) is 17.2 Å². The Morgan fingerprint density at radius 2 is 1.74 bits per heavy atom. The zero-order chi connectivity index (χ0) is 29.6. The molecule has 2 amide bonds. The molecular formula is C31H37N5O6. The maximum absolute atomic E-state index is 14.5. The molecule has 222 valence electrons. The predicted molar refractivity (Wildman–Crippen MR) is 155 cm³/mol. The van der Waals surface area contributed by atoms with Crippen LogP contribution in [-0.2, 0) is 16.1 Å². The number of amides is 2. The number of ether oxygens (including phenoxy) is 3. The van der Waals surface area contributed by atoms with Gasteiger partial charge in [-0.15, -0.1) is 5.10 Å². The Labute approximate surface area is 244 Å². The fourth-order valence-corrected chi connectivity index (χ4v) is 5.64. The minimum absolute atomic E-state index is 0.0213. The standard InChI is InChI=1S/C31H37N5O6/c1-20(36-25-15-9-8-14-24(25)33-34-36)31(38)35(19-23-13-10-16-42-23)28(30(37)32-22-11-6-5-7-12-22)21-17-26(39-2)29(41-4)27(18-21)40-3/h8-10,13-18,20,22,28H,5-7,11-12,19H2,1-4H3,(H,32,37). The molecule has 11 nitrogen and oxygen atoms in total. The van der Waals surface area contributed by atoms with Crippen molar-refractivity contribution in [3.8, 4) is 17.2 Å². The number of aromatic nitrogens is 3. The van der Waals surface area contributed by atoms with Gasteiger partial charge in [-0.2, -0.15) is 0 Å². The number of nitrogens with zero attached hydrogens (tertiary/aromatic N) is 4. The van der Waals surface area contributed by atoms with Crippen molar-refractivity contribution >= 4 is 22.8 Å². The second-order valence-corrected chi connectivity index (χ2v) is 10.4. The zero-order valence-electron chi connectivity index (χ0n) is 24.4. The molecule has 2 aromatic heterocycles. The van der Waals surface area contributed by atoms with Crippen molar-refractivity contribution in [2.45, 2.75) is 63.7 Å². The van der Waals surface area contributed by atoms with Crippen LogP contribution in [0.2, 0.25) is 0 Å². The van der Waals surface area contributed by atoms with E-state index in [9.17, 15) is 9.59 Å². The van der Waals surface area contributed by atoms with Crippen LogP contribution >= 0.6 is 0 Å². The number of fused-ring (bicyclic) bond motifs is 1. The highest BCUT2D eigenvalue weighted by atomic mass is 16.5. The SMILES string of the molecule is COc1cc(C(C(=O)NC2CCCCC2)N(Cc2ccco2)C(=O)C(C)n2nnc3ccccc32)cc(OC)c1OC.